The first-order chi connectivity index (χ1) is 9.64. The molecule has 0 aliphatic carbocycles. The molecule has 7 nitrogen and oxygen atoms in total. The first-order valence-corrected chi connectivity index (χ1v) is 7.49. The number of carbonyl (C=O) groups is 2. The second-order valence-corrected chi connectivity index (χ2v) is 6.64. The van der Waals surface area contributed by atoms with Crippen LogP contribution in [-0.2, 0) is 19.6 Å². The third-order valence-electron chi connectivity index (χ3n) is 3.28. The van der Waals surface area contributed by atoms with E-state index in [-0.39, 0.29) is 5.69 Å². The number of hydrogen-bond acceptors (Lipinski definition) is 5. The summed E-state index contributed by atoms with van der Waals surface area (Å²) in [6.45, 7) is 2.30. The maximum Gasteiger partial charge on any atom is 0.247 e. The van der Waals surface area contributed by atoms with Crippen LogP contribution in [0.3, 0.4) is 0 Å². The quantitative estimate of drug-likeness (QED) is 0.578. The molecule has 2 amide bonds. The van der Waals surface area contributed by atoms with Crippen molar-refractivity contribution < 1.29 is 22.4 Å². The van der Waals surface area contributed by atoms with Crippen molar-refractivity contribution in [1.82, 2.24) is 9.62 Å². The molecule has 1 aliphatic rings. The Bertz CT molecular complexity index is 732. The molecule has 2 rings (SSSR count). The topological polar surface area (TPSA) is 110 Å². The third kappa shape index (κ3) is 2.61. The summed E-state index contributed by atoms with van der Waals surface area (Å²) in [5.41, 5.74) is 6.11. The summed E-state index contributed by atoms with van der Waals surface area (Å²) < 4.78 is 39.6. The number of amides is 2. The average molecular weight is 315 g/mol. The number of nitrogens with zero attached hydrogens (tertiary/aromatic N) is 1. The predicted octanol–water partition coefficient (Wildman–Crippen LogP) is -0.248. The normalized spacial score (nSPS) is 20.4. The van der Waals surface area contributed by atoms with E-state index in [4.69, 9.17) is 5.73 Å². The van der Waals surface area contributed by atoms with Crippen LogP contribution in [0, 0.1) is 12.7 Å². The molecule has 1 fully saturated rings. The zero-order valence-electron chi connectivity index (χ0n) is 11.4. The molecule has 1 heterocycles. The molecule has 3 N–H and O–H groups in total. The first kappa shape index (κ1) is 15.4. The van der Waals surface area contributed by atoms with Gasteiger partial charge in [-0.2, -0.15) is 4.31 Å². The van der Waals surface area contributed by atoms with Gasteiger partial charge in [-0.05, 0) is 31.5 Å². The lowest BCUT2D eigenvalue weighted by molar-refractivity contribution is -0.136. The van der Waals surface area contributed by atoms with Crippen LogP contribution >= 0.6 is 0 Å². The molecule has 0 saturated carbocycles. The molecule has 0 radical (unpaired) electrons. The van der Waals surface area contributed by atoms with Crippen molar-refractivity contribution in [2.24, 2.45) is 0 Å². The lowest BCUT2D eigenvalue weighted by Gasteiger charge is -2.30. The number of hydrogen-bond donors (Lipinski definition) is 2. The van der Waals surface area contributed by atoms with Crippen LogP contribution in [0.25, 0.3) is 0 Å². The highest BCUT2D eigenvalue weighted by Gasteiger charge is 2.40. The lowest BCUT2D eigenvalue weighted by Crippen LogP contribution is -2.58. The van der Waals surface area contributed by atoms with Crippen molar-refractivity contribution in [1.29, 1.82) is 0 Å². The summed E-state index contributed by atoms with van der Waals surface area (Å²) >= 11 is 0. The van der Waals surface area contributed by atoms with Crippen LogP contribution in [0.5, 0.6) is 0 Å². The Hall–Kier alpha value is -2.00. The van der Waals surface area contributed by atoms with Gasteiger partial charge in [0.2, 0.25) is 21.8 Å². The van der Waals surface area contributed by atoms with Gasteiger partial charge < -0.3 is 5.73 Å². The number of piperazine rings is 1. The van der Waals surface area contributed by atoms with E-state index < -0.39 is 45.1 Å². The Labute approximate surface area is 121 Å². The van der Waals surface area contributed by atoms with Crippen molar-refractivity contribution in [3.63, 3.8) is 0 Å². The molecule has 1 aliphatic heterocycles. The minimum atomic E-state index is -4.35. The van der Waals surface area contributed by atoms with Gasteiger partial charge in [0, 0.05) is 5.69 Å². The number of halogens is 1. The molecule has 0 spiro atoms. The molecular formula is C12H14FN3O4S. The predicted molar refractivity (Wildman–Crippen MR) is 72.1 cm³/mol. The number of nitrogens with two attached hydrogens (primary N) is 1. The van der Waals surface area contributed by atoms with Crippen molar-refractivity contribution in [2.75, 3.05) is 12.3 Å². The molecule has 1 saturated heterocycles. The first-order valence-electron chi connectivity index (χ1n) is 6.05. The van der Waals surface area contributed by atoms with Crippen molar-refractivity contribution in [3.8, 4) is 0 Å². The van der Waals surface area contributed by atoms with E-state index in [0.717, 1.165) is 12.1 Å². The van der Waals surface area contributed by atoms with Gasteiger partial charge in [0.15, 0.2) is 0 Å². The highest BCUT2D eigenvalue weighted by atomic mass is 32.2. The Balaban J connectivity index is 2.54. The standard InChI is InChI=1S/C12H14FN3O4S/c1-6-3-8(13)10(4-9(6)14)21(19,20)16-5-11(17)15-12(18)7(16)2/h3-4,7H,5,14H2,1-2H3,(H,15,17,18). The second kappa shape index (κ2) is 5.08. The molecule has 9 heteroatoms. The maximum absolute atomic E-state index is 14.0. The van der Waals surface area contributed by atoms with Crippen molar-refractivity contribution >= 4 is 27.5 Å². The van der Waals surface area contributed by atoms with Gasteiger partial charge in [0.1, 0.15) is 16.8 Å². The minimum absolute atomic E-state index is 0.107. The van der Waals surface area contributed by atoms with E-state index in [0.29, 0.717) is 9.87 Å². The van der Waals surface area contributed by atoms with E-state index in [2.05, 4.69) is 0 Å². The number of anilines is 1. The largest absolute Gasteiger partial charge is 0.398 e. The number of rotatable bonds is 2. The fourth-order valence-electron chi connectivity index (χ4n) is 1.98. The molecule has 0 bridgehead atoms. The third-order valence-corrected chi connectivity index (χ3v) is 5.21. The number of aryl methyl sites for hydroxylation is 1. The van der Waals surface area contributed by atoms with Crippen LogP contribution in [0.2, 0.25) is 0 Å². The van der Waals surface area contributed by atoms with Gasteiger partial charge in [-0.1, -0.05) is 0 Å². The molecule has 114 valence electrons. The van der Waals surface area contributed by atoms with Crippen LogP contribution in [0.15, 0.2) is 17.0 Å². The van der Waals surface area contributed by atoms with E-state index in [1.165, 1.54) is 13.8 Å². The lowest BCUT2D eigenvalue weighted by atomic mass is 10.2. The Morgan fingerprint density at radius 1 is 1.38 bits per heavy atom. The van der Waals surface area contributed by atoms with Gasteiger partial charge in [-0.25, -0.2) is 12.8 Å². The van der Waals surface area contributed by atoms with Gasteiger partial charge in [-0.3, -0.25) is 14.9 Å². The average Bonchev–Trinajstić information content (AvgIpc) is 2.37. The smallest absolute Gasteiger partial charge is 0.247 e. The zero-order valence-corrected chi connectivity index (χ0v) is 12.2. The highest BCUT2D eigenvalue weighted by Crippen LogP contribution is 2.26. The monoisotopic (exact) mass is 315 g/mol. The van der Waals surface area contributed by atoms with E-state index in [1.54, 1.807) is 0 Å². The fraction of sp³-hybridized carbons (Fsp3) is 0.333. The van der Waals surface area contributed by atoms with E-state index in [9.17, 15) is 22.4 Å². The number of carbonyl (C=O) groups excluding carboxylic acids is 2. The molecule has 1 aromatic carbocycles. The molecule has 0 aromatic heterocycles. The van der Waals surface area contributed by atoms with Gasteiger partial charge >= 0.3 is 0 Å². The summed E-state index contributed by atoms with van der Waals surface area (Å²) in [5.74, 6) is -2.50. The summed E-state index contributed by atoms with van der Waals surface area (Å²) in [7, 11) is -4.35. The minimum Gasteiger partial charge on any atom is -0.398 e. The number of sulfonamides is 1. The van der Waals surface area contributed by atoms with E-state index in [1.807, 2.05) is 5.32 Å². The number of benzene rings is 1. The van der Waals surface area contributed by atoms with Gasteiger partial charge in [-0.15, -0.1) is 0 Å². The summed E-state index contributed by atoms with van der Waals surface area (Å²) in [6.07, 6.45) is 0. The molecule has 1 unspecified atom stereocenters. The highest BCUT2D eigenvalue weighted by molar-refractivity contribution is 7.89. The van der Waals surface area contributed by atoms with E-state index >= 15 is 0 Å². The zero-order chi connectivity index (χ0) is 15.9. The number of nitrogen functional groups attached to an aromatic ring is 1. The van der Waals surface area contributed by atoms with Gasteiger partial charge in [0.25, 0.3) is 0 Å². The maximum atomic E-state index is 14.0. The summed E-state index contributed by atoms with van der Waals surface area (Å²) in [4.78, 5) is 22.2. The SMILES string of the molecule is Cc1cc(F)c(S(=O)(=O)N2CC(=O)NC(=O)C2C)cc1N. The molecule has 21 heavy (non-hydrogen) atoms. The fourth-order valence-corrected chi connectivity index (χ4v) is 3.61. The van der Waals surface area contributed by atoms with Gasteiger partial charge in [0.05, 0.1) is 6.54 Å². The van der Waals surface area contributed by atoms with Crippen molar-refractivity contribution in [2.45, 2.75) is 24.8 Å². The summed E-state index contributed by atoms with van der Waals surface area (Å²) in [6, 6.07) is 0.872. The Morgan fingerprint density at radius 3 is 2.62 bits per heavy atom. The van der Waals surface area contributed by atoms with Crippen LogP contribution in [0.4, 0.5) is 10.1 Å². The van der Waals surface area contributed by atoms with Crippen molar-refractivity contribution in [3.05, 3.63) is 23.5 Å². The van der Waals surface area contributed by atoms with Crippen LogP contribution < -0.4 is 11.1 Å². The Kier molecular flexibility index (Phi) is 3.72. The summed E-state index contributed by atoms with van der Waals surface area (Å²) in [5, 5.41) is 2.02. The second-order valence-electron chi connectivity index (χ2n) is 4.78. The molecule has 1 atom stereocenters. The number of nitrogens with one attached hydrogen (secondary N) is 1. The Morgan fingerprint density at radius 2 is 2.00 bits per heavy atom. The molecule has 1 aromatic rings. The van der Waals surface area contributed by atoms with Crippen LogP contribution in [-0.4, -0.2) is 37.1 Å². The molecular weight excluding hydrogens is 301 g/mol. The number of imide groups is 1. The van der Waals surface area contributed by atoms with Crippen LogP contribution in [0.1, 0.15) is 12.5 Å².